The Labute approximate surface area is 178 Å². The van der Waals surface area contributed by atoms with Crippen molar-refractivity contribution in [3.8, 4) is 0 Å². The highest BCUT2D eigenvalue weighted by molar-refractivity contribution is 6.31. The topological polar surface area (TPSA) is 56.6 Å². The van der Waals surface area contributed by atoms with Crippen LogP contribution in [0.25, 0.3) is 0 Å². The zero-order chi connectivity index (χ0) is 18.8. The number of fused-ring (bicyclic) bond motifs is 1. The van der Waals surface area contributed by atoms with Gasteiger partial charge in [0.2, 0.25) is 0 Å². The number of aromatic nitrogens is 1. The molecule has 4 nitrogen and oxygen atoms in total. The average molecular weight is 423 g/mol. The monoisotopic (exact) mass is 422 g/mol. The summed E-state index contributed by atoms with van der Waals surface area (Å²) >= 11 is 6.33. The van der Waals surface area contributed by atoms with E-state index in [4.69, 9.17) is 11.6 Å². The first-order valence-corrected chi connectivity index (χ1v) is 10.3. The van der Waals surface area contributed by atoms with Crippen LogP contribution in [0.2, 0.25) is 5.02 Å². The molecule has 152 valence electrons. The van der Waals surface area contributed by atoms with Crippen LogP contribution in [0.3, 0.4) is 0 Å². The van der Waals surface area contributed by atoms with Crippen molar-refractivity contribution in [3.05, 3.63) is 64.4 Å². The van der Waals surface area contributed by atoms with E-state index in [0.717, 1.165) is 55.1 Å². The molecule has 2 unspecified atom stereocenters. The van der Waals surface area contributed by atoms with Crippen LogP contribution < -0.4 is 0 Å². The van der Waals surface area contributed by atoms with Gasteiger partial charge in [-0.25, -0.2) is 0 Å². The van der Waals surface area contributed by atoms with Crippen LogP contribution in [0, 0.1) is 5.92 Å². The van der Waals surface area contributed by atoms with E-state index >= 15 is 0 Å². The second-order valence-electron chi connectivity index (χ2n) is 7.95. The largest absolute Gasteiger partial charge is 0.391 e. The minimum atomic E-state index is -0.487. The fraction of sp³-hybridized carbons (Fsp3) is 0.500. The maximum atomic E-state index is 10.7. The number of aliphatic hydroxyl groups is 2. The summed E-state index contributed by atoms with van der Waals surface area (Å²) in [5, 5.41) is 22.0. The van der Waals surface area contributed by atoms with Gasteiger partial charge in [-0.2, -0.15) is 0 Å². The van der Waals surface area contributed by atoms with Gasteiger partial charge >= 0.3 is 0 Å². The Kier molecular flexibility index (Phi) is 7.35. The molecule has 2 aliphatic rings. The summed E-state index contributed by atoms with van der Waals surface area (Å²) < 4.78 is 0. The maximum absolute atomic E-state index is 10.7. The van der Waals surface area contributed by atoms with Gasteiger partial charge in [0.1, 0.15) is 0 Å². The number of rotatable bonds is 3. The quantitative estimate of drug-likeness (QED) is 0.733. The molecule has 1 saturated heterocycles. The highest BCUT2D eigenvalue weighted by Crippen LogP contribution is 2.35. The lowest BCUT2D eigenvalue weighted by atomic mass is 9.86. The predicted molar refractivity (Wildman–Crippen MR) is 114 cm³/mol. The Balaban J connectivity index is 0.00000225. The number of hydrogen-bond acceptors (Lipinski definition) is 4. The molecule has 0 spiro atoms. The van der Waals surface area contributed by atoms with E-state index in [1.165, 1.54) is 5.56 Å². The van der Waals surface area contributed by atoms with E-state index in [2.05, 4.69) is 16.0 Å². The lowest BCUT2D eigenvalue weighted by Gasteiger charge is -2.38. The molecule has 2 aromatic rings. The van der Waals surface area contributed by atoms with Crippen LogP contribution in [-0.2, 0) is 6.42 Å². The molecule has 6 heteroatoms. The molecule has 1 aromatic heterocycles. The van der Waals surface area contributed by atoms with E-state index in [1.54, 1.807) is 6.20 Å². The summed E-state index contributed by atoms with van der Waals surface area (Å²) in [4.78, 5) is 6.74. The number of likely N-dealkylation sites (tertiary alicyclic amines) is 1. The standard InChI is InChI=1S/C22H27ClN2O2.ClH/c23-19-6-2-1-5-17(19)18-9-11-25(14-21(18)27)13-15-7-8-16-4-3-10-24-22(16)20(26)12-15;/h1-6,10,15,18,20-21,26-27H,7-9,11-14H2;1H/t15-,18?,20+,21?;/m1./s1. The molecular weight excluding hydrogens is 395 g/mol. The number of nitrogens with zero attached hydrogens (tertiary/aromatic N) is 2. The second-order valence-corrected chi connectivity index (χ2v) is 8.35. The van der Waals surface area contributed by atoms with Crippen molar-refractivity contribution in [2.75, 3.05) is 19.6 Å². The summed E-state index contributed by atoms with van der Waals surface area (Å²) in [6.07, 6.45) is 4.53. The van der Waals surface area contributed by atoms with Crippen LogP contribution in [-0.4, -0.2) is 45.8 Å². The minimum absolute atomic E-state index is 0. The number of benzene rings is 1. The van der Waals surface area contributed by atoms with Crippen LogP contribution in [0.1, 0.15) is 48.1 Å². The number of aliphatic hydroxyl groups excluding tert-OH is 2. The van der Waals surface area contributed by atoms with Crippen molar-refractivity contribution >= 4 is 24.0 Å². The first kappa shape index (κ1) is 21.5. The molecule has 2 heterocycles. The van der Waals surface area contributed by atoms with Gasteiger partial charge in [0.05, 0.1) is 17.9 Å². The van der Waals surface area contributed by atoms with E-state index in [9.17, 15) is 10.2 Å². The van der Waals surface area contributed by atoms with E-state index in [-0.39, 0.29) is 18.3 Å². The van der Waals surface area contributed by atoms with Crippen LogP contribution in [0.5, 0.6) is 0 Å². The Morgan fingerprint density at radius 3 is 2.71 bits per heavy atom. The summed E-state index contributed by atoms with van der Waals surface area (Å²) in [6, 6.07) is 11.9. The summed E-state index contributed by atoms with van der Waals surface area (Å²) in [5.74, 6) is 0.515. The molecule has 0 saturated carbocycles. The van der Waals surface area contributed by atoms with Crippen molar-refractivity contribution < 1.29 is 10.2 Å². The lowest BCUT2D eigenvalue weighted by molar-refractivity contribution is 0.0374. The molecule has 4 atom stereocenters. The lowest BCUT2D eigenvalue weighted by Crippen LogP contribution is -2.44. The first-order valence-electron chi connectivity index (χ1n) is 9.88. The highest BCUT2D eigenvalue weighted by Gasteiger charge is 2.32. The van der Waals surface area contributed by atoms with Gasteiger partial charge in [0.15, 0.2) is 0 Å². The molecule has 1 aliphatic heterocycles. The Morgan fingerprint density at radius 2 is 1.93 bits per heavy atom. The molecule has 0 bridgehead atoms. The smallest absolute Gasteiger partial charge is 0.0965 e. The van der Waals surface area contributed by atoms with Crippen LogP contribution in [0.4, 0.5) is 0 Å². The predicted octanol–water partition coefficient (Wildman–Crippen LogP) is 3.99. The van der Waals surface area contributed by atoms with Crippen molar-refractivity contribution in [3.63, 3.8) is 0 Å². The second kappa shape index (κ2) is 9.55. The molecule has 0 amide bonds. The molecule has 1 fully saturated rings. The van der Waals surface area contributed by atoms with Gasteiger partial charge in [-0.1, -0.05) is 35.9 Å². The molecule has 0 radical (unpaired) electrons. The van der Waals surface area contributed by atoms with Crippen molar-refractivity contribution in [1.29, 1.82) is 0 Å². The summed E-state index contributed by atoms with van der Waals surface area (Å²) in [7, 11) is 0. The number of hydrogen-bond donors (Lipinski definition) is 2. The van der Waals surface area contributed by atoms with Crippen molar-refractivity contribution in [2.24, 2.45) is 5.92 Å². The normalized spacial score (nSPS) is 28.1. The molecule has 4 rings (SSSR count). The van der Waals surface area contributed by atoms with E-state index in [1.807, 2.05) is 30.3 Å². The third-order valence-corrected chi connectivity index (χ3v) is 6.45. The third-order valence-electron chi connectivity index (χ3n) is 6.11. The number of halogens is 2. The van der Waals surface area contributed by atoms with Crippen LogP contribution >= 0.6 is 24.0 Å². The Morgan fingerprint density at radius 1 is 1.11 bits per heavy atom. The van der Waals surface area contributed by atoms with Gasteiger partial charge in [0, 0.05) is 30.2 Å². The Hall–Kier alpha value is -1.17. The first-order chi connectivity index (χ1) is 13.1. The summed E-state index contributed by atoms with van der Waals surface area (Å²) in [6.45, 7) is 2.52. The van der Waals surface area contributed by atoms with E-state index in [0.29, 0.717) is 12.5 Å². The third kappa shape index (κ3) is 4.69. The van der Waals surface area contributed by atoms with Crippen molar-refractivity contribution in [1.82, 2.24) is 9.88 Å². The number of aryl methyl sites for hydroxylation is 1. The van der Waals surface area contributed by atoms with E-state index < -0.39 is 12.2 Å². The molecular formula is C22H28Cl2N2O2. The van der Waals surface area contributed by atoms with Crippen molar-refractivity contribution in [2.45, 2.75) is 43.8 Å². The molecule has 1 aromatic carbocycles. The summed E-state index contributed by atoms with van der Waals surface area (Å²) in [5.41, 5.74) is 3.07. The maximum Gasteiger partial charge on any atom is 0.0965 e. The fourth-order valence-electron chi connectivity index (χ4n) is 4.70. The fourth-order valence-corrected chi connectivity index (χ4v) is 4.98. The zero-order valence-electron chi connectivity index (χ0n) is 15.9. The minimum Gasteiger partial charge on any atom is -0.391 e. The average Bonchev–Trinajstić information content (AvgIpc) is 2.82. The Bertz CT molecular complexity index is 789. The molecule has 28 heavy (non-hydrogen) atoms. The number of pyridine rings is 1. The number of piperidine rings is 1. The SMILES string of the molecule is Cl.OC1CN(C[C@@H]2CCc3cccnc3[C@@H](O)C2)CCC1c1ccccc1Cl. The van der Waals surface area contributed by atoms with Gasteiger partial charge in [0.25, 0.3) is 0 Å². The van der Waals surface area contributed by atoms with Crippen LogP contribution in [0.15, 0.2) is 42.6 Å². The molecule has 2 N–H and O–H groups in total. The molecule has 1 aliphatic carbocycles. The van der Waals surface area contributed by atoms with Gasteiger partial charge in [-0.3, -0.25) is 4.98 Å². The number of β-amino-alcohol motifs (C(OH)–C–C–N with tert-alkyl or cyclic N) is 1. The zero-order valence-corrected chi connectivity index (χ0v) is 17.4. The van der Waals surface area contributed by atoms with Gasteiger partial charge < -0.3 is 15.1 Å². The highest BCUT2D eigenvalue weighted by atomic mass is 35.5. The van der Waals surface area contributed by atoms with Gasteiger partial charge in [-0.15, -0.1) is 12.4 Å². The van der Waals surface area contributed by atoms with Gasteiger partial charge in [-0.05, 0) is 61.4 Å².